The Morgan fingerprint density at radius 3 is 2.56 bits per heavy atom. The Morgan fingerprint density at radius 1 is 1.31 bits per heavy atom. The quantitative estimate of drug-likeness (QED) is 0.797. The minimum atomic E-state index is -4.31. The molecule has 16 heavy (non-hydrogen) atoms. The van der Waals surface area contributed by atoms with Crippen molar-refractivity contribution in [3.05, 3.63) is 30.0 Å². The molecule has 0 aliphatic carbocycles. The maximum absolute atomic E-state index is 12.5. The monoisotopic (exact) mass is 228 g/mol. The van der Waals surface area contributed by atoms with E-state index in [1.807, 2.05) is 6.92 Å². The van der Waals surface area contributed by atoms with E-state index in [-0.39, 0.29) is 0 Å². The molecule has 0 bridgehead atoms. The van der Waals surface area contributed by atoms with Gasteiger partial charge in [0.05, 0.1) is 16.8 Å². The van der Waals surface area contributed by atoms with Crippen LogP contribution in [0.1, 0.15) is 12.5 Å². The van der Waals surface area contributed by atoms with E-state index in [4.69, 9.17) is 5.73 Å². The van der Waals surface area contributed by atoms with Gasteiger partial charge in [0.2, 0.25) is 0 Å². The van der Waals surface area contributed by atoms with Crippen molar-refractivity contribution in [2.75, 3.05) is 5.73 Å². The highest BCUT2D eigenvalue weighted by Crippen LogP contribution is 2.33. The zero-order valence-electron chi connectivity index (χ0n) is 8.67. The smallest absolute Gasteiger partial charge is 0.397 e. The Kier molecular flexibility index (Phi) is 2.33. The molecule has 5 heteroatoms. The van der Waals surface area contributed by atoms with Gasteiger partial charge in [0.15, 0.2) is 0 Å². The molecule has 1 aromatic carbocycles. The molecule has 0 saturated carbocycles. The van der Waals surface area contributed by atoms with Gasteiger partial charge in [-0.25, -0.2) is 0 Å². The minimum Gasteiger partial charge on any atom is -0.397 e. The number of fused-ring (bicyclic) bond motifs is 1. The van der Waals surface area contributed by atoms with Crippen LogP contribution in [0, 0.1) is 0 Å². The van der Waals surface area contributed by atoms with Crippen LogP contribution >= 0.6 is 0 Å². The molecular formula is C11H11F3N2. The lowest BCUT2D eigenvalue weighted by atomic mass is 10.1. The summed E-state index contributed by atoms with van der Waals surface area (Å²) >= 11 is 0. The number of aryl methyl sites for hydroxylation is 1. The second kappa shape index (κ2) is 3.43. The molecular weight excluding hydrogens is 217 g/mol. The van der Waals surface area contributed by atoms with Gasteiger partial charge < -0.3 is 10.3 Å². The molecule has 2 rings (SSSR count). The van der Waals surface area contributed by atoms with Crippen molar-refractivity contribution in [3.63, 3.8) is 0 Å². The SMILES string of the molecule is CCn1cc(N)c2ccc(C(F)(F)F)cc21. The third-order valence-electron chi connectivity index (χ3n) is 2.58. The Hall–Kier alpha value is -1.65. The van der Waals surface area contributed by atoms with Crippen molar-refractivity contribution >= 4 is 16.6 Å². The molecule has 0 saturated heterocycles. The van der Waals surface area contributed by atoms with Crippen molar-refractivity contribution in [3.8, 4) is 0 Å². The molecule has 0 fully saturated rings. The molecule has 1 heterocycles. The molecule has 0 radical (unpaired) electrons. The van der Waals surface area contributed by atoms with E-state index in [0.29, 0.717) is 23.1 Å². The van der Waals surface area contributed by atoms with Gasteiger partial charge in [-0.1, -0.05) is 6.07 Å². The maximum atomic E-state index is 12.5. The van der Waals surface area contributed by atoms with E-state index in [1.165, 1.54) is 6.07 Å². The van der Waals surface area contributed by atoms with E-state index in [0.717, 1.165) is 12.1 Å². The van der Waals surface area contributed by atoms with Gasteiger partial charge >= 0.3 is 6.18 Å². The third-order valence-corrected chi connectivity index (χ3v) is 2.58. The van der Waals surface area contributed by atoms with E-state index in [2.05, 4.69) is 0 Å². The van der Waals surface area contributed by atoms with Gasteiger partial charge in [-0.15, -0.1) is 0 Å². The Morgan fingerprint density at radius 2 is 2.00 bits per heavy atom. The molecule has 0 atom stereocenters. The fourth-order valence-corrected chi connectivity index (χ4v) is 1.76. The van der Waals surface area contributed by atoms with Gasteiger partial charge in [-0.2, -0.15) is 13.2 Å². The van der Waals surface area contributed by atoms with E-state index in [1.54, 1.807) is 10.8 Å². The first-order chi connectivity index (χ1) is 7.43. The molecule has 2 nitrogen and oxygen atoms in total. The van der Waals surface area contributed by atoms with Gasteiger partial charge in [-0.05, 0) is 19.1 Å². The number of hydrogen-bond donors (Lipinski definition) is 1. The van der Waals surface area contributed by atoms with Crippen LogP contribution in [0.15, 0.2) is 24.4 Å². The van der Waals surface area contributed by atoms with Crippen molar-refractivity contribution in [2.45, 2.75) is 19.6 Å². The van der Waals surface area contributed by atoms with Crippen LogP contribution < -0.4 is 5.73 Å². The number of hydrogen-bond acceptors (Lipinski definition) is 1. The lowest BCUT2D eigenvalue weighted by Crippen LogP contribution is -2.04. The topological polar surface area (TPSA) is 30.9 Å². The number of benzene rings is 1. The number of rotatable bonds is 1. The summed E-state index contributed by atoms with van der Waals surface area (Å²) < 4.78 is 39.3. The standard InChI is InChI=1S/C11H11F3N2/c1-2-16-6-9(15)8-4-3-7(5-10(8)16)11(12,13)14/h3-6H,2,15H2,1H3. The van der Waals surface area contributed by atoms with E-state index in [9.17, 15) is 13.2 Å². The Labute approximate surface area is 90.5 Å². The van der Waals surface area contributed by atoms with Crippen molar-refractivity contribution in [1.29, 1.82) is 0 Å². The third kappa shape index (κ3) is 1.62. The molecule has 0 unspecified atom stereocenters. The number of alkyl halides is 3. The number of nitrogen functional groups attached to an aromatic ring is 1. The first kappa shape index (κ1) is 10.9. The average Bonchev–Trinajstić information content (AvgIpc) is 2.54. The highest BCUT2D eigenvalue weighted by atomic mass is 19.4. The molecule has 1 aromatic heterocycles. The lowest BCUT2D eigenvalue weighted by Gasteiger charge is -2.07. The number of aromatic nitrogens is 1. The molecule has 0 amide bonds. The van der Waals surface area contributed by atoms with Gasteiger partial charge in [-0.3, -0.25) is 0 Å². The van der Waals surface area contributed by atoms with Crippen molar-refractivity contribution < 1.29 is 13.2 Å². The van der Waals surface area contributed by atoms with Crippen LogP contribution in [0.2, 0.25) is 0 Å². The predicted octanol–water partition coefficient (Wildman–Crippen LogP) is 3.26. The van der Waals surface area contributed by atoms with Crippen LogP contribution in [0.25, 0.3) is 10.9 Å². The van der Waals surface area contributed by atoms with E-state index >= 15 is 0 Å². The summed E-state index contributed by atoms with van der Waals surface area (Å²) in [6, 6.07) is 3.60. The summed E-state index contributed by atoms with van der Waals surface area (Å²) in [6.07, 6.45) is -2.66. The molecule has 2 aromatic rings. The summed E-state index contributed by atoms with van der Waals surface area (Å²) in [5.41, 5.74) is 6.09. The zero-order chi connectivity index (χ0) is 11.9. The summed E-state index contributed by atoms with van der Waals surface area (Å²) in [5.74, 6) is 0. The second-order valence-corrected chi connectivity index (χ2v) is 3.60. The lowest BCUT2D eigenvalue weighted by molar-refractivity contribution is -0.137. The van der Waals surface area contributed by atoms with Crippen LogP contribution in [0.5, 0.6) is 0 Å². The average molecular weight is 228 g/mol. The molecule has 0 aliphatic heterocycles. The number of nitrogens with two attached hydrogens (primary N) is 1. The zero-order valence-corrected chi connectivity index (χ0v) is 8.67. The summed E-state index contributed by atoms with van der Waals surface area (Å²) in [6.45, 7) is 2.45. The maximum Gasteiger partial charge on any atom is 0.416 e. The highest BCUT2D eigenvalue weighted by molar-refractivity contribution is 5.92. The first-order valence-electron chi connectivity index (χ1n) is 4.89. The van der Waals surface area contributed by atoms with Crippen LogP contribution in [-0.4, -0.2) is 4.57 Å². The fourth-order valence-electron chi connectivity index (χ4n) is 1.76. The highest BCUT2D eigenvalue weighted by Gasteiger charge is 2.30. The fraction of sp³-hybridized carbons (Fsp3) is 0.273. The second-order valence-electron chi connectivity index (χ2n) is 3.60. The summed E-state index contributed by atoms with van der Waals surface area (Å²) in [5, 5.41) is 0.662. The number of anilines is 1. The minimum absolute atomic E-state index is 0.505. The molecule has 0 spiro atoms. The van der Waals surface area contributed by atoms with E-state index < -0.39 is 11.7 Å². The summed E-state index contributed by atoms with van der Waals surface area (Å²) in [7, 11) is 0. The first-order valence-corrected chi connectivity index (χ1v) is 4.89. The largest absolute Gasteiger partial charge is 0.416 e. The Balaban J connectivity index is 2.69. The summed E-state index contributed by atoms with van der Waals surface area (Å²) in [4.78, 5) is 0. The number of halogens is 3. The van der Waals surface area contributed by atoms with Crippen LogP contribution in [0.4, 0.5) is 18.9 Å². The molecule has 2 N–H and O–H groups in total. The van der Waals surface area contributed by atoms with Crippen LogP contribution in [0.3, 0.4) is 0 Å². The molecule has 86 valence electrons. The van der Waals surface area contributed by atoms with Crippen molar-refractivity contribution in [2.24, 2.45) is 0 Å². The van der Waals surface area contributed by atoms with Crippen LogP contribution in [-0.2, 0) is 12.7 Å². The Bertz CT molecular complexity index is 526. The van der Waals surface area contributed by atoms with Gasteiger partial charge in [0.1, 0.15) is 0 Å². The molecule has 0 aliphatic rings. The van der Waals surface area contributed by atoms with Gasteiger partial charge in [0.25, 0.3) is 0 Å². The normalized spacial score (nSPS) is 12.2. The number of nitrogens with zero attached hydrogens (tertiary/aromatic N) is 1. The van der Waals surface area contributed by atoms with Gasteiger partial charge in [0, 0.05) is 18.1 Å². The van der Waals surface area contributed by atoms with Crippen molar-refractivity contribution in [1.82, 2.24) is 4.57 Å². The predicted molar refractivity (Wildman–Crippen MR) is 57.0 cm³/mol.